The Labute approximate surface area is 212 Å². The molecule has 4 N–H and O–H groups in total. The lowest BCUT2D eigenvalue weighted by molar-refractivity contribution is -0.123. The van der Waals surface area contributed by atoms with Gasteiger partial charge in [-0.1, -0.05) is 19.9 Å². The second kappa shape index (κ2) is 9.12. The van der Waals surface area contributed by atoms with Gasteiger partial charge in [0.15, 0.2) is 0 Å². The number of halogens is 1. The number of nitrogens with zero attached hydrogens (tertiary/aromatic N) is 3. The number of H-pyrrole nitrogens is 1. The number of benzene rings is 1. The van der Waals surface area contributed by atoms with Crippen molar-refractivity contribution in [2.75, 3.05) is 24.6 Å². The predicted octanol–water partition coefficient (Wildman–Crippen LogP) is 5.24. The summed E-state index contributed by atoms with van der Waals surface area (Å²) in [5.74, 6) is -0.0406. The number of fused-ring (bicyclic) bond motifs is 1. The molecule has 0 amide bonds. The van der Waals surface area contributed by atoms with Crippen LogP contribution >= 0.6 is 10.6 Å². The summed E-state index contributed by atoms with van der Waals surface area (Å²) in [7, 11) is -2.45. The van der Waals surface area contributed by atoms with Crippen LogP contribution in [0.25, 0.3) is 22.2 Å². The van der Waals surface area contributed by atoms with Gasteiger partial charge in [0.2, 0.25) is 0 Å². The molecule has 0 saturated carbocycles. The second-order valence-corrected chi connectivity index (χ2v) is 13.0. The molecule has 1 aromatic carbocycles. The van der Waals surface area contributed by atoms with E-state index in [1.54, 1.807) is 18.5 Å². The van der Waals surface area contributed by atoms with Crippen LogP contribution in [-0.4, -0.2) is 59.7 Å². The van der Waals surface area contributed by atoms with Crippen molar-refractivity contribution >= 4 is 21.6 Å². The highest BCUT2D eigenvalue weighted by Gasteiger charge is 2.49. The standard InChI is InChI=1S/C27H33FN4O3S/c1-16-10-19(22-4-7-30-26-24(22)20(12-29)13-31-26)11-23(28)25(16)27(33)17(2)14-32(15-18(27)3)21-5-8-36(34,35)9-6-21/h4,7,10-11,13,17-18,21,33-35H,5-6,8-9,14-15H2,1-3H3,(H,30,31)/t17-,18+,27?. The molecule has 3 atom stereocenters. The van der Waals surface area contributed by atoms with E-state index >= 15 is 4.39 Å². The fourth-order valence-corrected chi connectivity index (χ4v) is 7.89. The Kier molecular flexibility index (Phi) is 6.38. The third kappa shape index (κ3) is 4.11. The van der Waals surface area contributed by atoms with Crippen LogP contribution in [0.1, 0.15) is 43.4 Å². The van der Waals surface area contributed by atoms with Crippen LogP contribution < -0.4 is 0 Å². The summed E-state index contributed by atoms with van der Waals surface area (Å²) in [4.78, 5) is 9.62. The summed E-state index contributed by atoms with van der Waals surface area (Å²) < 4.78 is 35.9. The first kappa shape index (κ1) is 25.2. The lowest BCUT2D eigenvalue weighted by Gasteiger charge is -2.52. The van der Waals surface area contributed by atoms with E-state index in [1.165, 1.54) is 6.07 Å². The molecule has 4 heterocycles. The van der Waals surface area contributed by atoms with Gasteiger partial charge < -0.3 is 10.1 Å². The molecule has 9 heteroatoms. The molecular weight excluding hydrogens is 479 g/mol. The van der Waals surface area contributed by atoms with Gasteiger partial charge in [-0.3, -0.25) is 14.0 Å². The summed E-state index contributed by atoms with van der Waals surface area (Å²) in [5.41, 5.74) is 2.06. The highest BCUT2D eigenvalue weighted by Crippen LogP contribution is 2.48. The van der Waals surface area contributed by atoms with Crippen LogP contribution in [0.3, 0.4) is 0 Å². The SMILES string of the molecule is Cc1cc(-c2ccnc3[nH]cc(C#N)c23)cc(F)c1C1(O)[C@H](C)CN(C2CCS(O)(O)CC2)C[C@@H]1C. The lowest BCUT2D eigenvalue weighted by Crippen LogP contribution is -2.58. The molecule has 192 valence electrons. The van der Waals surface area contributed by atoms with Crippen LogP contribution in [0.4, 0.5) is 4.39 Å². The van der Waals surface area contributed by atoms with E-state index in [0.717, 1.165) is 18.4 Å². The van der Waals surface area contributed by atoms with Crippen molar-refractivity contribution in [1.82, 2.24) is 14.9 Å². The van der Waals surface area contributed by atoms with Crippen molar-refractivity contribution in [3.05, 3.63) is 53.1 Å². The van der Waals surface area contributed by atoms with Crippen molar-refractivity contribution < 1.29 is 18.6 Å². The quantitative estimate of drug-likeness (QED) is 0.382. The normalized spacial score (nSPS) is 28.2. The van der Waals surface area contributed by atoms with Crippen LogP contribution in [0.2, 0.25) is 0 Å². The zero-order chi connectivity index (χ0) is 25.8. The van der Waals surface area contributed by atoms with Crippen LogP contribution in [0.5, 0.6) is 0 Å². The summed E-state index contributed by atoms with van der Waals surface area (Å²) in [6.45, 7) is 7.00. The Morgan fingerprint density at radius 1 is 1.19 bits per heavy atom. The minimum absolute atomic E-state index is 0.218. The van der Waals surface area contributed by atoms with Gasteiger partial charge in [-0.05, 0) is 48.6 Å². The average molecular weight is 513 g/mol. The third-order valence-corrected chi connectivity index (χ3v) is 10.1. The van der Waals surface area contributed by atoms with Crippen LogP contribution in [0.15, 0.2) is 30.6 Å². The minimum Gasteiger partial charge on any atom is -0.384 e. The Balaban J connectivity index is 1.47. The van der Waals surface area contributed by atoms with Crippen molar-refractivity contribution in [3.63, 3.8) is 0 Å². The molecule has 2 saturated heterocycles. The Morgan fingerprint density at radius 3 is 2.47 bits per heavy atom. The molecule has 0 radical (unpaired) electrons. The van der Waals surface area contributed by atoms with E-state index in [1.807, 2.05) is 26.8 Å². The monoisotopic (exact) mass is 512 g/mol. The van der Waals surface area contributed by atoms with Crippen LogP contribution in [-0.2, 0) is 5.60 Å². The summed E-state index contributed by atoms with van der Waals surface area (Å²) in [5, 5.41) is 22.2. The Morgan fingerprint density at radius 2 is 1.86 bits per heavy atom. The third-order valence-electron chi connectivity index (χ3n) is 8.28. The number of pyridine rings is 1. The van der Waals surface area contributed by atoms with E-state index < -0.39 is 22.0 Å². The number of piperidine rings is 1. The molecule has 3 aromatic rings. The highest BCUT2D eigenvalue weighted by molar-refractivity contribution is 8.24. The van der Waals surface area contributed by atoms with Crippen molar-refractivity contribution in [1.29, 1.82) is 5.26 Å². The number of hydrogen-bond acceptors (Lipinski definition) is 6. The largest absolute Gasteiger partial charge is 0.384 e. The molecule has 2 fully saturated rings. The maximum absolute atomic E-state index is 15.9. The number of likely N-dealkylation sites (tertiary alicyclic amines) is 1. The van der Waals surface area contributed by atoms with Gasteiger partial charge >= 0.3 is 0 Å². The second-order valence-electron chi connectivity index (χ2n) is 10.6. The van der Waals surface area contributed by atoms with E-state index in [-0.39, 0.29) is 17.9 Å². The van der Waals surface area contributed by atoms with E-state index in [9.17, 15) is 19.5 Å². The van der Waals surface area contributed by atoms with Gasteiger partial charge in [-0.2, -0.15) is 15.9 Å². The molecule has 0 aliphatic carbocycles. The number of aromatic amines is 1. The summed E-state index contributed by atoms with van der Waals surface area (Å²) in [6.07, 6.45) is 4.70. The average Bonchev–Trinajstić information content (AvgIpc) is 3.25. The molecule has 5 rings (SSSR count). The van der Waals surface area contributed by atoms with Gasteiger partial charge in [-0.15, -0.1) is 0 Å². The van der Waals surface area contributed by atoms with Gasteiger partial charge in [0.25, 0.3) is 0 Å². The number of rotatable bonds is 3. The Hall–Kier alpha value is -2.48. The van der Waals surface area contributed by atoms with E-state index in [2.05, 4.69) is 20.9 Å². The van der Waals surface area contributed by atoms with Gasteiger partial charge in [-0.25, -0.2) is 9.37 Å². The molecule has 0 spiro atoms. The number of aliphatic hydroxyl groups is 1. The van der Waals surface area contributed by atoms with Crippen molar-refractivity contribution in [2.45, 2.75) is 45.3 Å². The predicted molar refractivity (Wildman–Crippen MR) is 140 cm³/mol. The molecule has 2 aliphatic heterocycles. The number of aryl methyl sites for hydroxylation is 1. The van der Waals surface area contributed by atoms with Gasteiger partial charge in [0.05, 0.1) is 5.56 Å². The molecular formula is C27H33FN4O3S. The number of nitrogens with one attached hydrogen (secondary N) is 1. The molecule has 36 heavy (non-hydrogen) atoms. The maximum atomic E-state index is 15.9. The fourth-order valence-electron chi connectivity index (χ4n) is 6.39. The number of nitriles is 1. The van der Waals surface area contributed by atoms with Crippen molar-refractivity contribution in [2.24, 2.45) is 11.8 Å². The maximum Gasteiger partial charge on any atom is 0.139 e. The topological polar surface area (TPSA) is 116 Å². The molecule has 0 bridgehead atoms. The molecule has 7 nitrogen and oxygen atoms in total. The molecule has 2 aliphatic rings. The summed E-state index contributed by atoms with van der Waals surface area (Å²) in [6, 6.07) is 7.54. The summed E-state index contributed by atoms with van der Waals surface area (Å²) >= 11 is 0. The lowest BCUT2D eigenvalue weighted by atomic mass is 9.68. The zero-order valence-corrected chi connectivity index (χ0v) is 21.6. The first-order chi connectivity index (χ1) is 17.0. The first-order valence-corrected chi connectivity index (χ1v) is 14.3. The molecule has 2 aromatic heterocycles. The first-order valence-electron chi connectivity index (χ1n) is 12.4. The smallest absolute Gasteiger partial charge is 0.139 e. The Bertz CT molecular complexity index is 1310. The molecule has 1 unspecified atom stereocenters. The van der Waals surface area contributed by atoms with E-state index in [0.29, 0.717) is 57.9 Å². The zero-order valence-electron chi connectivity index (χ0n) is 20.8. The number of aromatic nitrogens is 2. The minimum atomic E-state index is -2.45. The fraction of sp³-hybridized carbons (Fsp3) is 0.481. The van der Waals surface area contributed by atoms with Gasteiger partial charge in [0.1, 0.15) is 23.1 Å². The van der Waals surface area contributed by atoms with Crippen molar-refractivity contribution in [3.8, 4) is 17.2 Å². The van der Waals surface area contributed by atoms with E-state index in [4.69, 9.17) is 0 Å². The van der Waals surface area contributed by atoms with Crippen LogP contribution in [0, 0.1) is 35.9 Å². The number of hydrogen-bond donors (Lipinski definition) is 4. The van der Waals surface area contributed by atoms with Gasteiger partial charge in [0, 0.05) is 65.8 Å². The highest BCUT2D eigenvalue weighted by atomic mass is 32.3.